The van der Waals surface area contributed by atoms with Crippen molar-refractivity contribution in [2.75, 3.05) is 26.8 Å². The van der Waals surface area contributed by atoms with Gasteiger partial charge in [-0.15, -0.1) is 0 Å². The lowest BCUT2D eigenvalue weighted by atomic mass is 9.97. The van der Waals surface area contributed by atoms with E-state index in [1.807, 2.05) is 6.92 Å². The van der Waals surface area contributed by atoms with Gasteiger partial charge in [-0.3, -0.25) is 4.79 Å². The van der Waals surface area contributed by atoms with E-state index in [-0.39, 0.29) is 40.9 Å². The van der Waals surface area contributed by atoms with Crippen LogP contribution in [0.5, 0.6) is 0 Å². The van der Waals surface area contributed by atoms with Crippen molar-refractivity contribution in [1.29, 1.82) is 0 Å². The van der Waals surface area contributed by atoms with Gasteiger partial charge in [0, 0.05) is 37.2 Å². The van der Waals surface area contributed by atoms with Gasteiger partial charge in [0.05, 0.1) is 11.6 Å². The Kier molecular flexibility index (Phi) is 7.10. The number of hydrogen-bond acceptors (Lipinski definition) is 4. The molecule has 1 amide bonds. The summed E-state index contributed by atoms with van der Waals surface area (Å²) < 4.78 is 31.9. The van der Waals surface area contributed by atoms with E-state index in [0.717, 1.165) is 0 Å². The predicted octanol–water partition coefficient (Wildman–Crippen LogP) is 2.55. The van der Waals surface area contributed by atoms with Crippen molar-refractivity contribution in [2.45, 2.75) is 30.7 Å². The van der Waals surface area contributed by atoms with Crippen LogP contribution in [0.3, 0.4) is 0 Å². The first-order valence-electron chi connectivity index (χ1n) is 8.00. The summed E-state index contributed by atoms with van der Waals surface area (Å²) in [7, 11) is -2.15. The fourth-order valence-electron chi connectivity index (χ4n) is 2.82. The van der Waals surface area contributed by atoms with Gasteiger partial charge >= 0.3 is 0 Å². The maximum absolute atomic E-state index is 12.8. The van der Waals surface area contributed by atoms with Gasteiger partial charge in [0.2, 0.25) is 15.9 Å². The molecule has 9 heteroatoms. The molecule has 0 aliphatic carbocycles. The van der Waals surface area contributed by atoms with Crippen LogP contribution in [0.15, 0.2) is 23.1 Å². The number of halogens is 2. The molecule has 140 valence electrons. The molecule has 0 unspecified atom stereocenters. The first kappa shape index (κ1) is 20.5. The lowest BCUT2D eigenvalue weighted by molar-refractivity contribution is -0.127. The molecule has 0 radical (unpaired) electrons. The van der Waals surface area contributed by atoms with Crippen molar-refractivity contribution in [1.82, 2.24) is 9.62 Å². The number of nitrogens with zero attached hydrogens (tertiary/aromatic N) is 1. The van der Waals surface area contributed by atoms with Crippen molar-refractivity contribution in [3.63, 3.8) is 0 Å². The standard InChI is InChI=1S/C16H22Cl2N2O4S/c1-11(10-24-2)19-16(21)12-5-7-20(8-6-12)25(22,23)15-9-13(17)3-4-14(15)18/h3-4,9,11-12H,5-8,10H2,1-2H3,(H,19,21)/t11-/m1/s1. The molecule has 1 N–H and O–H groups in total. The molecule has 1 atom stereocenters. The lowest BCUT2D eigenvalue weighted by Crippen LogP contribution is -2.45. The van der Waals surface area contributed by atoms with E-state index in [2.05, 4.69) is 5.32 Å². The van der Waals surface area contributed by atoms with Crippen molar-refractivity contribution in [3.05, 3.63) is 28.2 Å². The second-order valence-electron chi connectivity index (χ2n) is 6.12. The topological polar surface area (TPSA) is 75.7 Å². The van der Waals surface area contributed by atoms with Crippen LogP contribution in [-0.4, -0.2) is 51.5 Å². The van der Waals surface area contributed by atoms with Crippen LogP contribution in [0.25, 0.3) is 0 Å². The van der Waals surface area contributed by atoms with E-state index in [1.165, 1.54) is 16.4 Å². The van der Waals surface area contributed by atoms with Gasteiger partial charge in [-0.2, -0.15) is 4.31 Å². The summed E-state index contributed by atoms with van der Waals surface area (Å²) in [6.45, 7) is 2.83. The van der Waals surface area contributed by atoms with Crippen LogP contribution in [-0.2, 0) is 19.6 Å². The minimum Gasteiger partial charge on any atom is -0.383 e. The predicted molar refractivity (Wildman–Crippen MR) is 97.4 cm³/mol. The Morgan fingerprint density at radius 1 is 1.36 bits per heavy atom. The number of hydrogen-bond donors (Lipinski definition) is 1. The molecule has 0 saturated carbocycles. The second-order valence-corrected chi connectivity index (χ2v) is 8.87. The van der Waals surface area contributed by atoms with Crippen LogP contribution in [0.1, 0.15) is 19.8 Å². The number of ether oxygens (including phenoxy) is 1. The van der Waals surface area contributed by atoms with Gasteiger partial charge in [-0.1, -0.05) is 23.2 Å². The normalized spacial score (nSPS) is 18.1. The van der Waals surface area contributed by atoms with Crippen LogP contribution >= 0.6 is 23.2 Å². The van der Waals surface area contributed by atoms with E-state index in [1.54, 1.807) is 13.2 Å². The number of carbonyl (C=O) groups excluding carboxylic acids is 1. The smallest absolute Gasteiger partial charge is 0.244 e. The number of methoxy groups -OCH3 is 1. The zero-order valence-electron chi connectivity index (χ0n) is 14.2. The van der Waals surface area contributed by atoms with Crippen LogP contribution in [0.2, 0.25) is 10.0 Å². The number of rotatable bonds is 6. The summed E-state index contributed by atoms with van der Waals surface area (Å²) in [5, 5.41) is 3.33. The maximum atomic E-state index is 12.8. The number of benzene rings is 1. The first-order valence-corrected chi connectivity index (χ1v) is 10.2. The Morgan fingerprint density at radius 2 is 2.00 bits per heavy atom. The molecule has 1 fully saturated rings. The molecule has 1 aromatic rings. The van der Waals surface area contributed by atoms with E-state index in [9.17, 15) is 13.2 Å². The van der Waals surface area contributed by atoms with E-state index >= 15 is 0 Å². The van der Waals surface area contributed by atoms with Gasteiger partial charge in [0.15, 0.2) is 0 Å². The Labute approximate surface area is 158 Å². The molecule has 25 heavy (non-hydrogen) atoms. The van der Waals surface area contributed by atoms with Gasteiger partial charge in [0.1, 0.15) is 4.90 Å². The minimum atomic E-state index is -3.73. The quantitative estimate of drug-likeness (QED) is 0.784. The number of sulfonamides is 1. The molecule has 1 aliphatic rings. The molecule has 6 nitrogen and oxygen atoms in total. The average Bonchev–Trinajstić information content (AvgIpc) is 2.57. The van der Waals surface area contributed by atoms with E-state index in [4.69, 9.17) is 27.9 Å². The third-order valence-corrected chi connectivity index (χ3v) is 6.76. The van der Waals surface area contributed by atoms with Gasteiger partial charge in [0.25, 0.3) is 0 Å². The van der Waals surface area contributed by atoms with Crippen molar-refractivity contribution in [3.8, 4) is 0 Å². The summed E-state index contributed by atoms with van der Waals surface area (Å²) in [6.07, 6.45) is 0.923. The van der Waals surface area contributed by atoms with E-state index in [0.29, 0.717) is 24.5 Å². The Balaban J connectivity index is 2.01. The molecule has 0 bridgehead atoms. The number of carbonyl (C=O) groups is 1. The summed E-state index contributed by atoms with van der Waals surface area (Å²) >= 11 is 11.9. The summed E-state index contributed by atoms with van der Waals surface area (Å²) in [6, 6.07) is 4.28. The highest BCUT2D eigenvalue weighted by atomic mass is 35.5. The summed E-state index contributed by atoms with van der Waals surface area (Å²) in [4.78, 5) is 12.2. The number of amides is 1. The largest absolute Gasteiger partial charge is 0.383 e. The van der Waals surface area contributed by atoms with Crippen molar-refractivity contribution >= 4 is 39.1 Å². The molecular weight excluding hydrogens is 387 g/mol. The third-order valence-electron chi connectivity index (χ3n) is 4.14. The molecule has 1 aromatic carbocycles. The van der Waals surface area contributed by atoms with Gasteiger partial charge in [-0.05, 0) is 38.0 Å². The van der Waals surface area contributed by atoms with Crippen LogP contribution < -0.4 is 5.32 Å². The highest BCUT2D eigenvalue weighted by Gasteiger charge is 2.33. The van der Waals surface area contributed by atoms with Crippen LogP contribution in [0.4, 0.5) is 0 Å². The Morgan fingerprint density at radius 3 is 2.60 bits per heavy atom. The highest BCUT2D eigenvalue weighted by molar-refractivity contribution is 7.89. The van der Waals surface area contributed by atoms with Crippen molar-refractivity contribution in [2.24, 2.45) is 5.92 Å². The molecule has 1 aliphatic heterocycles. The molecule has 0 aromatic heterocycles. The molecule has 0 spiro atoms. The average molecular weight is 409 g/mol. The minimum absolute atomic E-state index is 0.00159. The van der Waals surface area contributed by atoms with Crippen LogP contribution in [0, 0.1) is 5.92 Å². The third kappa shape index (κ3) is 5.08. The van der Waals surface area contributed by atoms with Crippen molar-refractivity contribution < 1.29 is 17.9 Å². The monoisotopic (exact) mass is 408 g/mol. The molecule has 1 heterocycles. The van der Waals surface area contributed by atoms with E-state index < -0.39 is 10.0 Å². The molecule has 1 saturated heterocycles. The zero-order chi connectivity index (χ0) is 18.6. The Hall–Kier alpha value is -0.860. The number of piperidine rings is 1. The fourth-order valence-corrected chi connectivity index (χ4v) is 5.03. The summed E-state index contributed by atoms with van der Waals surface area (Å²) in [5.74, 6) is -0.275. The lowest BCUT2D eigenvalue weighted by Gasteiger charge is -2.31. The SMILES string of the molecule is COC[C@@H](C)NC(=O)C1CCN(S(=O)(=O)c2cc(Cl)ccc2Cl)CC1. The first-order chi connectivity index (χ1) is 11.8. The Bertz CT molecular complexity index is 719. The second kappa shape index (κ2) is 8.68. The summed E-state index contributed by atoms with van der Waals surface area (Å²) in [5.41, 5.74) is 0. The van der Waals surface area contributed by atoms with Gasteiger partial charge in [-0.25, -0.2) is 8.42 Å². The van der Waals surface area contributed by atoms with Gasteiger partial charge < -0.3 is 10.1 Å². The molecule has 2 rings (SSSR count). The number of nitrogens with one attached hydrogen (secondary N) is 1. The maximum Gasteiger partial charge on any atom is 0.244 e. The zero-order valence-corrected chi connectivity index (χ0v) is 16.5. The molecular formula is C16H22Cl2N2O4S. The fraction of sp³-hybridized carbons (Fsp3) is 0.562. The highest BCUT2D eigenvalue weighted by Crippen LogP contribution is 2.30.